The van der Waals surface area contributed by atoms with Gasteiger partial charge in [0.15, 0.2) is 4.80 Å². The van der Waals surface area contributed by atoms with Crippen molar-refractivity contribution < 1.29 is 9.59 Å². The molecule has 0 bridgehead atoms. The molecule has 1 aromatic carbocycles. The number of amides is 1. The Kier molecular flexibility index (Phi) is 5.83. The molecule has 116 valence electrons. The molecule has 0 saturated heterocycles. The summed E-state index contributed by atoms with van der Waals surface area (Å²) in [4.78, 5) is 28.9. The quantitative estimate of drug-likeness (QED) is 0.840. The first-order chi connectivity index (χ1) is 10.7. The molecule has 1 heterocycles. The third-order valence-corrected chi connectivity index (χ3v) is 4.00. The van der Waals surface area contributed by atoms with Crippen LogP contribution in [0.3, 0.4) is 0 Å². The Morgan fingerprint density at radius 1 is 1.09 bits per heavy atom. The van der Waals surface area contributed by atoms with Gasteiger partial charge in [-0.2, -0.15) is 4.99 Å². The zero-order valence-electron chi connectivity index (χ0n) is 12.9. The lowest BCUT2D eigenvalue weighted by Gasteiger charge is -2.07. The van der Waals surface area contributed by atoms with Gasteiger partial charge in [0.05, 0.1) is 5.69 Å². The SMILES string of the molecule is CCCC(=O)N=c1scc(-c2ccccc2)n1C(=O)CCC. The number of carbonyl (C=O) groups excluding carboxylic acids is 2. The summed E-state index contributed by atoms with van der Waals surface area (Å²) >= 11 is 1.33. The summed E-state index contributed by atoms with van der Waals surface area (Å²) in [7, 11) is 0. The third kappa shape index (κ3) is 3.80. The second kappa shape index (κ2) is 7.84. The summed E-state index contributed by atoms with van der Waals surface area (Å²) in [5, 5.41) is 1.89. The van der Waals surface area contributed by atoms with E-state index in [9.17, 15) is 9.59 Å². The normalized spacial score (nSPS) is 11.6. The molecule has 0 radical (unpaired) electrons. The zero-order chi connectivity index (χ0) is 15.9. The van der Waals surface area contributed by atoms with Crippen LogP contribution < -0.4 is 4.80 Å². The van der Waals surface area contributed by atoms with E-state index < -0.39 is 0 Å². The van der Waals surface area contributed by atoms with E-state index in [1.54, 1.807) is 4.57 Å². The van der Waals surface area contributed by atoms with Crippen molar-refractivity contribution in [2.75, 3.05) is 0 Å². The van der Waals surface area contributed by atoms with Crippen molar-refractivity contribution in [3.63, 3.8) is 0 Å². The number of aromatic nitrogens is 1. The number of thiazole rings is 1. The van der Waals surface area contributed by atoms with Gasteiger partial charge < -0.3 is 0 Å². The van der Waals surface area contributed by atoms with Gasteiger partial charge in [-0.25, -0.2) is 0 Å². The summed E-state index contributed by atoms with van der Waals surface area (Å²) in [6.07, 6.45) is 2.35. The van der Waals surface area contributed by atoms with Gasteiger partial charge in [-0.05, 0) is 18.4 Å². The van der Waals surface area contributed by atoms with Crippen molar-refractivity contribution in [1.29, 1.82) is 0 Å². The van der Waals surface area contributed by atoms with E-state index in [0.717, 1.165) is 24.1 Å². The lowest BCUT2D eigenvalue weighted by molar-refractivity contribution is -0.118. The highest BCUT2D eigenvalue weighted by atomic mass is 32.1. The first kappa shape index (κ1) is 16.4. The number of hydrogen-bond donors (Lipinski definition) is 0. The highest BCUT2D eigenvalue weighted by Crippen LogP contribution is 2.20. The van der Waals surface area contributed by atoms with Crippen molar-refractivity contribution in [1.82, 2.24) is 4.57 Å². The van der Waals surface area contributed by atoms with Crippen LogP contribution in [0.25, 0.3) is 11.3 Å². The van der Waals surface area contributed by atoms with E-state index >= 15 is 0 Å². The standard InChI is InChI=1S/C17H20N2O2S/c1-3-8-15(20)18-17-19(16(21)9-4-2)14(12-22-17)13-10-6-5-7-11-13/h5-7,10-12H,3-4,8-9H2,1-2H3. The summed E-state index contributed by atoms with van der Waals surface area (Å²) in [6.45, 7) is 3.90. The Bertz CT molecular complexity index is 714. The molecule has 0 atom stereocenters. The van der Waals surface area contributed by atoms with E-state index in [1.165, 1.54) is 11.3 Å². The van der Waals surface area contributed by atoms with Crippen LogP contribution in [0.1, 0.15) is 44.3 Å². The van der Waals surface area contributed by atoms with E-state index in [4.69, 9.17) is 0 Å². The van der Waals surface area contributed by atoms with Gasteiger partial charge in [0, 0.05) is 18.2 Å². The minimum atomic E-state index is -0.179. The van der Waals surface area contributed by atoms with Gasteiger partial charge >= 0.3 is 0 Å². The van der Waals surface area contributed by atoms with Gasteiger partial charge in [0.2, 0.25) is 11.8 Å². The molecule has 22 heavy (non-hydrogen) atoms. The predicted molar refractivity (Wildman–Crippen MR) is 88.8 cm³/mol. The maximum Gasteiger partial charge on any atom is 0.248 e. The number of nitrogens with zero attached hydrogens (tertiary/aromatic N) is 2. The second-order valence-corrected chi connectivity index (χ2v) is 5.84. The fraction of sp³-hybridized carbons (Fsp3) is 0.353. The van der Waals surface area contributed by atoms with Crippen molar-refractivity contribution in [2.24, 2.45) is 4.99 Å². The molecular formula is C17H20N2O2S. The van der Waals surface area contributed by atoms with Crippen LogP contribution in [-0.2, 0) is 4.79 Å². The molecule has 0 spiro atoms. The average Bonchev–Trinajstić information content (AvgIpc) is 2.92. The van der Waals surface area contributed by atoms with Crippen molar-refractivity contribution in [3.05, 3.63) is 40.5 Å². The molecule has 1 amide bonds. The van der Waals surface area contributed by atoms with E-state index in [2.05, 4.69) is 4.99 Å². The maximum atomic E-state index is 12.5. The Morgan fingerprint density at radius 2 is 1.77 bits per heavy atom. The van der Waals surface area contributed by atoms with E-state index in [-0.39, 0.29) is 11.8 Å². The first-order valence-electron chi connectivity index (χ1n) is 7.54. The summed E-state index contributed by atoms with van der Waals surface area (Å²) in [5.41, 5.74) is 1.75. The van der Waals surface area contributed by atoms with Gasteiger partial charge in [-0.3, -0.25) is 14.2 Å². The third-order valence-electron chi connectivity index (χ3n) is 3.18. The van der Waals surface area contributed by atoms with E-state index in [0.29, 0.717) is 17.6 Å². The van der Waals surface area contributed by atoms with Crippen LogP contribution in [0.15, 0.2) is 40.7 Å². The number of benzene rings is 1. The molecule has 0 N–H and O–H groups in total. The number of carbonyl (C=O) groups is 2. The molecule has 0 unspecified atom stereocenters. The fourth-order valence-corrected chi connectivity index (χ4v) is 3.06. The van der Waals surface area contributed by atoms with E-state index in [1.807, 2.05) is 49.6 Å². The van der Waals surface area contributed by atoms with Crippen LogP contribution in [-0.4, -0.2) is 16.4 Å². The lowest BCUT2D eigenvalue weighted by Crippen LogP contribution is -2.24. The van der Waals surface area contributed by atoms with Crippen LogP contribution in [0.2, 0.25) is 0 Å². The summed E-state index contributed by atoms with van der Waals surface area (Å²) in [5.74, 6) is -0.201. The van der Waals surface area contributed by atoms with Crippen LogP contribution >= 0.6 is 11.3 Å². The molecule has 2 rings (SSSR count). The van der Waals surface area contributed by atoms with Gasteiger partial charge in [0.25, 0.3) is 0 Å². The molecule has 2 aromatic rings. The number of rotatable bonds is 5. The maximum absolute atomic E-state index is 12.5. The largest absolute Gasteiger partial charge is 0.274 e. The monoisotopic (exact) mass is 316 g/mol. The van der Waals surface area contributed by atoms with Crippen LogP contribution in [0.4, 0.5) is 0 Å². The zero-order valence-corrected chi connectivity index (χ0v) is 13.7. The first-order valence-corrected chi connectivity index (χ1v) is 8.42. The highest BCUT2D eigenvalue weighted by Gasteiger charge is 2.14. The van der Waals surface area contributed by atoms with Crippen molar-refractivity contribution in [3.8, 4) is 11.3 Å². The Hall–Kier alpha value is -2.01. The Balaban J connectivity index is 2.54. The smallest absolute Gasteiger partial charge is 0.248 e. The minimum Gasteiger partial charge on any atom is -0.274 e. The minimum absolute atomic E-state index is 0.0225. The second-order valence-electron chi connectivity index (χ2n) is 5.00. The molecule has 5 heteroatoms. The Morgan fingerprint density at radius 3 is 2.41 bits per heavy atom. The number of hydrogen-bond acceptors (Lipinski definition) is 3. The average molecular weight is 316 g/mol. The van der Waals surface area contributed by atoms with Crippen molar-refractivity contribution >= 4 is 23.2 Å². The topological polar surface area (TPSA) is 51.4 Å². The molecule has 1 aromatic heterocycles. The molecule has 0 aliphatic carbocycles. The van der Waals surface area contributed by atoms with Gasteiger partial charge in [-0.1, -0.05) is 44.2 Å². The van der Waals surface area contributed by atoms with Gasteiger partial charge in [-0.15, -0.1) is 11.3 Å². The highest BCUT2D eigenvalue weighted by molar-refractivity contribution is 7.07. The summed E-state index contributed by atoms with van der Waals surface area (Å²) in [6, 6.07) is 9.70. The lowest BCUT2D eigenvalue weighted by atomic mass is 10.1. The molecule has 0 saturated carbocycles. The van der Waals surface area contributed by atoms with Crippen LogP contribution in [0, 0.1) is 0 Å². The molecule has 0 aliphatic heterocycles. The fourth-order valence-electron chi connectivity index (χ4n) is 2.14. The Labute approximate surface area is 134 Å². The molecule has 0 aliphatic rings. The molecular weight excluding hydrogens is 296 g/mol. The molecule has 4 nitrogen and oxygen atoms in total. The molecule has 0 fully saturated rings. The van der Waals surface area contributed by atoms with Crippen LogP contribution in [0.5, 0.6) is 0 Å². The van der Waals surface area contributed by atoms with Crippen molar-refractivity contribution in [2.45, 2.75) is 39.5 Å². The summed E-state index contributed by atoms with van der Waals surface area (Å²) < 4.78 is 1.58. The predicted octanol–water partition coefficient (Wildman–Crippen LogP) is 3.88. The van der Waals surface area contributed by atoms with Gasteiger partial charge in [0.1, 0.15) is 0 Å².